The maximum atomic E-state index is 13.3. The van der Waals surface area contributed by atoms with E-state index in [1.807, 2.05) is 47.4 Å². The SMILES string of the molecule is O=C(OC1CCCC1)N1CCc2c([nH]c3ccc(Cl)cc23)[C@@H]1c1ccc(OC[C@@H](O)CO)cc1. The van der Waals surface area contributed by atoms with Crippen LogP contribution in [0, 0.1) is 0 Å². The molecule has 1 aliphatic heterocycles. The molecular formula is C26H29ClN2O5. The Kier molecular flexibility index (Phi) is 6.68. The van der Waals surface area contributed by atoms with Crippen LogP contribution in [0.25, 0.3) is 10.9 Å². The van der Waals surface area contributed by atoms with Gasteiger partial charge in [-0.05, 0) is 73.6 Å². The van der Waals surface area contributed by atoms with Crippen molar-refractivity contribution in [1.29, 1.82) is 0 Å². The third-order valence-electron chi connectivity index (χ3n) is 6.74. The van der Waals surface area contributed by atoms with E-state index in [9.17, 15) is 9.90 Å². The van der Waals surface area contributed by atoms with Crippen molar-refractivity contribution in [2.24, 2.45) is 0 Å². The van der Waals surface area contributed by atoms with Crippen LogP contribution in [0.3, 0.4) is 0 Å². The second kappa shape index (κ2) is 9.86. The summed E-state index contributed by atoms with van der Waals surface area (Å²) in [6, 6.07) is 12.9. The van der Waals surface area contributed by atoms with E-state index < -0.39 is 6.10 Å². The number of hydrogen-bond donors (Lipinski definition) is 3. The fraction of sp³-hybridized carbons (Fsp3) is 0.423. The average Bonchev–Trinajstić information content (AvgIpc) is 3.49. The van der Waals surface area contributed by atoms with Gasteiger partial charge in [0, 0.05) is 28.2 Å². The molecule has 7 nitrogen and oxygen atoms in total. The van der Waals surface area contributed by atoms with Gasteiger partial charge >= 0.3 is 6.09 Å². The molecule has 1 aromatic heterocycles. The first-order valence-electron chi connectivity index (χ1n) is 11.8. The number of aliphatic hydroxyl groups is 2. The lowest BCUT2D eigenvalue weighted by molar-refractivity contribution is 0.0533. The minimum Gasteiger partial charge on any atom is -0.491 e. The lowest BCUT2D eigenvalue weighted by atomic mass is 9.92. The summed E-state index contributed by atoms with van der Waals surface area (Å²) in [4.78, 5) is 18.6. The molecule has 1 aliphatic carbocycles. The van der Waals surface area contributed by atoms with E-state index in [0.29, 0.717) is 23.7 Å². The highest BCUT2D eigenvalue weighted by molar-refractivity contribution is 6.31. The molecule has 34 heavy (non-hydrogen) atoms. The van der Waals surface area contributed by atoms with Gasteiger partial charge in [-0.3, -0.25) is 4.90 Å². The number of H-pyrrole nitrogens is 1. The van der Waals surface area contributed by atoms with Gasteiger partial charge in [-0.1, -0.05) is 23.7 Å². The van der Waals surface area contributed by atoms with E-state index in [0.717, 1.165) is 47.8 Å². The molecule has 2 aliphatic rings. The van der Waals surface area contributed by atoms with E-state index >= 15 is 0 Å². The Labute approximate surface area is 203 Å². The minimum atomic E-state index is -0.931. The highest BCUT2D eigenvalue weighted by Crippen LogP contribution is 2.40. The molecular weight excluding hydrogens is 456 g/mol. The average molecular weight is 485 g/mol. The summed E-state index contributed by atoms with van der Waals surface area (Å²) in [6.07, 6.45) is 3.53. The zero-order valence-electron chi connectivity index (χ0n) is 18.9. The number of halogens is 1. The number of fused-ring (bicyclic) bond motifs is 3. The Morgan fingerprint density at radius 3 is 2.68 bits per heavy atom. The Morgan fingerprint density at radius 2 is 1.94 bits per heavy atom. The van der Waals surface area contributed by atoms with Crippen LogP contribution in [-0.4, -0.2) is 58.2 Å². The largest absolute Gasteiger partial charge is 0.491 e. The Morgan fingerprint density at radius 1 is 1.18 bits per heavy atom. The topological polar surface area (TPSA) is 95.0 Å². The number of carbonyl (C=O) groups excluding carboxylic acids is 1. The third kappa shape index (κ3) is 4.60. The highest BCUT2D eigenvalue weighted by Gasteiger charge is 2.36. The summed E-state index contributed by atoms with van der Waals surface area (Å²) < 4.78 is 11.4. The van der Waals surface area contributed by atoms with Crippen molar-refractivity contribution in [1.82, 2.24) is 9.88 Å². The Hall–Kier alpha value is -2.74. The second-order valence-corrected chi connectivity index (χ2v) is 9.50. The van der Waals surface area contributed by atoms with Crippen LogP contribution in [0.5, 0.6) is 5.75 Å². The van der Waals surface area contributed by atoms with Gasteiger partial charge in [0.25, 0.3) is 0 Å². The second-order valence-electron chi connectivity index (χ2n) is 9.06. The Balaban J connectivity index is 1.48. The molecule has 3 aromatic rings. The summed E-state index contributed by atoms with van der Waals surface area (Å²) in [7, 11) is 0. The first-order valence-corrected chi connectivity index (χ1v) is 12.2. The minimum absolute atomic E-state index is 0.00599. The predicted molar refractivity (Wildman–Crippen MR) is 129 cm³/mol. The van der Waals surface area contributed by atoms with Crippen molar-refractivity contribution < 1.29 is 24.5 Å². The molecule has 0 saturated heterocycles. The number of aromatic amines is 1. The van der Waals surface area contributed by atoms with Crippen molar-refractivity contribution in [3.63, 3.8) is 0 Å². The van der Waals surface area contributed by atoms with Crippen LogP contribution in [0.1, 0.15) is 48.5 Å². The number of aromatic nitrogens is 1. The molecule has 2 atom stereocenters. The van der Waals surface area contributed by atoms with Gasteiger partial charge in [-0.2, -0.15) is 0 Å². The molecule has 0 radical (unpaired) electrons. The van der Waals surface area contributed by atoms with E-state index in [1.165, 1.54) is 5.56 Å². The summed E-state index contributed by atoms with van der Waals surface area (Å²) in [5, 5.41) is 20.3. The van der Waals surface area contributed by atoms with Gasteiger partial charge in [0.2, 0.25) is 0 Å². The number of nitrogens with zero attached hydrogens (tertiary/aromatic N) is 1. The van der Waals surface area contributed by atoms with Crippen LogP contribution < -0.4 is 4.74 Å². The number of amides is 1. The number of aliphatic hydroxyl groups excluding tert-OH is 2. The van der Waals surface area contributed by atoms with E-state index in [4.69, 9.17) is 26.2 Å². The molecule has 1 saturated carbocycles. The van der Waals surface area contributed by atoms with Crippen molar-refractivity contribution in [2.75, 3.05) is 19.8 Å². The van der Waals surface area contributed by atoms with Gasteiger partial charge in [-0.15, -0.1) is 0 Å². The lowest BCUT2D eigenvalue weighted by Gasteiger charge is -2.36. The molecule has 0 unspecified atom stereocenters. The summed E-state index contributed by atoms with van der Waals surface area (Å²) in [5.41, 5.74) is 4.05. The highest BCUT2D eigenvalue weighted by atomic mass is 35.5. The van der Waals surface area contributed by atoms with Gasteiger partial charge in [-0.25, -0.2) is 4.79 Å². The summed E-state index contributed by atoms with van der Waals surface area (Å²) in [6.45, 7) is 0.196. The van der Waals surface area contributed by atoms with E-state index in [-0.39, 0.29) is 31.5 Å². The molecule has 1 amide bonds. The monoisotopic (exact) mass is 484 g/mol. The number of nitrogens with one attached hydrogen (secondary N) is 1. The van der Waals surface area contributed by atoms with E-state index in [1.54, 1.807) is 0 Å². The number of ether oxygens (including phenoxy) is 2. The van der Waals surface area contributed by atoms with Crippen molar-refractivity contribution in [3.8, 4) is 5.75 Å². The number of hydrogen-bond acceptors (Lipinski definition) is 5. The molecule has 2 heterocycles. The molecule has 5 rings (SSSR count). The fourth-order valence-corrected chi connectivity index (χ4v) is 5.18. The molecule has 1 fully saturated rings. The van der Waals surface area contributed by atoms with Crippen LogP contribution in [0.2, 0.25) is 5.02 Å². The molecule has 0 spiro atoms. The molecule has 180 valence electrons. The van der Waals surface area contributed by atoms with Crippen molar-refractivity contribution >= 4 is 28.6 Å². The first-order chi connectivity index (χ1) is 16.5. The zero-order valence-corrected chi connectivity index (χ0v) is 19.6. The molecule has 2 aromatic carbocycles. The summed E-state index contributed by atoms with van der Waals surface area (Å²) >= 11 is 6.28. The standard InChI is InChI=1S/C26H29ClN2O5/c27-17-7-10-23-22(13-17)21-11-12-29(26(32)34-20-3-1-2-4-20)25(24(21)28-23)16-5-8-19(9-6-16)33-15-18(31)14-30/h5-10,13,18,20,25,28,30-31H,1-4,11-12,14-15H2/t18-,25-/m0/s1. The van der Waals surface area contributed by atoms with Crippen LogP contribution in [0.15, 0.2) is 42.5 Å². The quantitative estimate of drug-likeness (QED) is 0.476. The lowest BCUT2D eigenvalue weighted by Crippen LogP contribution is -2.42. The van der Waals surface area contributed by atoms with Gasteiger partial charge in [0.05, 0.1) is 6.61 Å². The van der Waals surface area contributed by atoms with Gasteiger partial charge in [0.1, 0.15) is 30.6 Å². The van der Waals surface area contributed by atoms with Crippen molar-refractivity contribution in [2.45, 2.75) is 50.4 Å². The van der Waals surface area contributed by atoms with Crippen LogP contribution in [0.4, 0.5) is 4.79 Å². The number of carbonyl (C=O) groups is 1. The van der Waals surface area contributed by atoms with Crippen LogP contribution in [-0.2, 0) is 11.2 Å². The molecule has 3 N–H and O–H groups in total. The zero-order chi connectivity index (χ0) is 23.7. The van der Waals surface area contributed by atoms with Crippen molar-refractivity contribution in [3.05, 3.63) is 64.3 Å². The Bertz CT molecular complexity index is 1160. The fourth-order valence-electron chi connectivity index (χ4n) is 5.01. The predicted octanol–water partition coefficient (Wildman–Crippen LogP) is 4.58. The molecule has 8 heteroatoms. The molecule has 0 bridgehead atoms. The third-order valence-corrected chi connectivity index (χ3v) is 6.98. The summed E-state index contributed by atoms with van der Waals surface area (Å²) in [5.74, 6) is 0.579. The maximum absolute atomic E-state index is 13.3. The maximum Gasteiger partial charge on any atom is 0.410 e. The number of rotatable bonds is 6. The number of benzene rings is 2. The van der Waals surface area contributed by atoms with E-state index in [2.05, 4.69) is 4.98 Å². The normalized spacial score (nSPS) is 19.3. The van der Waals surface area contributed by atoms with Crippen LogP contribution >= 0.6 is 11.6 Å². The first kappa shape index (κ1) is 23.0. The van der Waals surface area contributed by atoms with Gasteiger partial charge < -0.3 is 24.7 Å². The smallest absolute Gasteiger partial charge is 0.410 e. The van der Waals surface area contributed by atoms with Gasteiger partial charge in [0.15, 0.2) is 0 Å².